The third-order valence-electron chi connectivity index (χ3n) is 1.40. The van der Waals surface area contributed by atoms with Crippen LogP contribution in [0.1, 0.15) is 24.2 Å². The second kappa shape index (κ2) is 4.29. The second-order valence-electron chi connectivity index (χ2n) is 3.62. The van der Waals surface area contributed by atoms with Crippen LogP contribution < -0.4 is 0 Å². The molecule has 0 saturated heterocycles. The lowest BCUT2D eigenvalue weighted by atomic mass is 10.2. The van der Waals surface area contributed by atoms with Gasteiger partial charge in [0.15, 0.2) is 0 Å². The Balaban J connectivity index is 2.92. The van der Waals surface area contributed by atoms with Gasteiger partial charge in [-0.3, -0.25) is 0 Å². The number of rotatable bonds is 2. The maximum absolute atomic E-state index is 11.6. The van der Waals surface area contributed by atoms with E-state index in [1.165, 1.54) is 12.1 Å². The van der Waals surface area contributed by atoms with Gasteiger partial charge in [0.2, 0.25) is 5.60 Å². The van der Waals surface area contributed by atoms with Crippen LogP contribution in [-0.4, -0.2) is 16.6 Å². The minimum absolute atomic E-state index is 0.0248. The average molecular weight is 247 g/mol. The maximum Gasteiger partial charge on any atom is 0.345 e. The Kier molecular flexibility index (Phi) is 3.47. The lowest BCUT2D eigenvalue weighted by molar-refractivity contribution is 0.0164. The highest BCUT2D eigenvalue weighted by atomic mass is 35.5. The van der Waals surface area contributed by atoms with E-state index >= 15 is 0 Å². The molecule has 0 aliphatic heterocycles. The quantitative estimate of drug-likeness (QED) is 0.457. The third kappa shape index (κ3) is 3.61. The van der Waals surface area contributed by atoms with Gasteiger partial charge < -0.3 is 4.74 Å². The number of carbonyl (C=O) groups excluding carboxylic acids is 1. The van der Waals surface area contributed by atoms with E-state index in [0.29, 0.717) is 0 Å². The Morgan fingerprint density at radius 1 is 1.47 bits per heavy atom. The van der Waals surface area contributed by atoms with Gasteiger partial charge in [0.25, 0.3) is 0 Å². The summed E-state index contributed by atoms with van der Waals surface area (Å²) >= 11 is 11.3. The molecule has 0 saturated carbocycles. The number of ether oxygens (including phenoxy) is 1. The van der Waals surface area contributed by atoms with Gasteiger partial charge in [-0.15, -0.1) is 0 Å². The minimum Gasteiger partial charge on any atom is -0.415 e. The molecule has 0 aliphatic rings. The monoisotopic (exact) mass is 246 g/mol. The van der Waals surface area contributed by atoms with Crippen LogP contribution in [0.25, 0.3) is 0 Å². The number of carbonyl (C=O) groups is 1. The van der Waals surface area contributed by atoms with E-state index in [2.05, 4.69) is 11.9 Å². The van der Waals surface area contributed by atoms with Crippen LogP contribution in [0.3, 0.4) is 0 Å². The summed E-state index contributed by atoms with van der Waals surface area (Å²) in [7, 11) is 0. The van der Waals surface area contributed by atoms with E-state index in [1.807, 2.05) is 0 Å². The lowest BCUT2D eigenvalue weighted by Crippen LogP contribution is -2.24. The zero-order chi connectivity index (χ0) is 11.6. The fraction of sp³-hybridized carbons (Fsp3) is 0.300. The molecule has 0 bridgehead atoms. The van der Waals surface area contributed by atoms with Gasteiger partial charge in [-0.1, -0.05) is 23.2 Å². The van der Waals surface area contributed by atoms with Crippen molar-refractivity contribution >= 4 is 29.2 Å². The molecule has 0 aromatic carbocycles. The van der Waals surface area contributed by atoms with E-state index < -0.39 is 11.6 Å². The molecule has 0 amide bonds. The molecule has 3 nitrogen and oxygen atoms in total. The summed E-state index contributed by atoms with van der Waals surface area (Å²) < 4.78 is 5.03. The first kappa shape index (κ1) is 12.1. The molecule has 0 N–H and O–H groups in total. The molecule has 5 heteroatoms. The van der Waals surface area contributed by atoms with Crippen LogP contribution in [0, 0.1) is 6.92 Å². The number of halogens is 2. The van der Waals surface area contributed by atoms with Crippen molar-refractivity contribution in [2.45, 2.75) is 19.4 Å². The fourth-order valence-corrected chi connectivity index (χ4v) is 1.29. The fourth-order valence-electron chi connectivity index (χ4n) is 0.870. The summed E-state index contributed by atoms with van der Waals surface area (Å²) in [5, 5.41) is 0.252. The van der Waals surface area contributed by atoms with E-state index in [-0.39, 0.29) is 15.9 Å². The molecule has 80 valence electrons. The van der Waals surface area contributed by atoms with Crippen molar-refractivity contribution in [1.82, 2.24) is 4.98 Å². The molecular formula is C10H10Cl2NO2+. The zero-order valence-electron chi connectivity index (χ0n) is 8.38. The largest absolute Gasteiger partial charge is 0.415 e. The van der Waals surface area contributed by atoms with Gasteiger partial charge in [-0.2, -0.15) is 0 Å². The smallest absolute Gasteiger partial charge is 0.345 e. The van der Waals surface area contributed by atoms with Gasteiger partial charge in [0.1, 0.15) is 17.2 Å². The van der Waals surface area contributed by atoms with Crippen LogP contribution in [0.4, 0.5) is 0 Å². The first-order chi connectivity index (χ1) is 6.79. The molecular weight excluding hydrogens is 237 g/mol. The molecule has 0 aliphatic carbocycles. The van der Waals surface area contributed by atoms with Gasteiger partial charge >= 0.3 is 5.97 Å². The summed E-state index contributed by atoms with van der Waals surface area (Å²) in [6.45, 7) is 6.99. The van der Waals surface area contributed by atoms with Gasteiger partial charge in [0, 0.05) is 13.8 Å². The van der Waals surface area contributed by atoms with Crippen molar-refractivity contribution in [3.8, 4) is 0 Å². The van der Waals surface area contributed by atoms with E-state index in [1.54, 1.807) is 13.8 Å². The molecule has 1 aromatic rings. The van der Waals surface area contributed by atoms with Crippen molar-refractivity contribution in [1.29, 1.82) is 0 Å². The molecule has 1 aromatic heterocycles. The summed E-state index contributed by atoms with van der Waals surface area (Å²) in [6.07, 6.45) is 0. The number of pyridine rings is 1. The maximum atomic E-state index is 11.6. The molecule has 1 rings (SSSR count). The normalized spacial score (nSPS) is 11.2. The van der Waals surface area contributed by atoms with Crippen molar-refractivity contribution in [3.63, 3.8) is 0 Å². The number of nitrogens with zero attached hydrogens (tertiary/aromatic N) is 1. The molecule has 0 spiro atoms. The Morgan fingerprint density at radius 2 is 2.07 bits per heavy atom. The predicted octanol–water partition coefficient (Wildman–Crippen LogP) is 3.16. The summed E-state index contributed by atoms with van der Waals surface area (Å²) in [5.41, 5.74) is -0.627. The van der Waals surface area contributed by atoms with Gasteiger partial charge in [-0.25, -0.2) is 9.78 Å². The Morgan fingerprint density at radius 3 is 2.53 bits per heavy atom. The Labute approximate surface area is 98.4 Å². The number of hydrogen-bond donors (Lipinski definition) is 0. The summed E-state index contributed by atoms with van der Waals surface area (Å²) in [6, 6.07) is 2.94. The molecule has 15 heavy (non-hydrogen) atoms. The standard InChI is InChI=1S/C10H10Cl2NO2/c1-10(2,3)15-9(14)6-4-5-7(11)13-8(6)12/h4-5H,1H2,2-3H3/q+1. The number of esters is 1. The van der Waals surface area contributed by atoms with E-state index in [0.717, 1.165) is 0 Å². The SMILES string of the molecule is [CH2+]C(C)(C)OC(=O)c1ccc(Cl)nc1Cl. The summed E-state index contributed by atoms with van der Waals surface area (Å²) in [4.78, 5) is 15.3. The molecule has 0 radical (unpaired) electrons. The van der Waals surface area contributed by atoms with Crippen molar-refractivity contribution < 1.29 is 9.53 Å². The molecule has 0 unspecified atom stereocenters. The van der Waals surface area contributed by atoms with Crippen molar-refractivity contribution in [2.75, 3.05) is 0 Å². The van der Waals surface area contributed by atoms with Crippen LogP contribution >= 0.6 is 23.2 Å². The highest BCUT2D eigenvalue weighted by Crippen LogP contribution is 2.19. The van der Waals surface area contributed by atoms with Crippen molar-refractivity contribution in [2.24, 2.45) is 0 Å². The van der Waals surface area contributed by atoms with Crippen LogP contribution in [0.5, 0.6) is 0 Å². The molecule has 0 atom stereocenters. The third-order valence-corrected chi connectivity index (χ3v) is 1.90. The lowest BCUT2D eigenvalue weighted by Gasteiger charge is -2.13. The first-order valence-corrected chi connectivity index (χ1v) is 4.96. The second-order valence-corrected chi connectivity index (χ2v) is 4.37. The topological polar surface area (TPSA) is 39.2 Å². The Bertz CT molecular complexity index is 385. The van der Waals surface area contributed by atoms with E-state index in [4.69, 9.17) is 27.9 Å². The average Bonchev–Trinajstić information content (AvgIpc) is 1.99. The predicted molar refractivity (Wildman–Crippen MR) is 59.1 cm³/mol. The van der Waals surface area contributed by atoms with Crippen LogP contribution in [0.2, 0.25) is 10.3 Å². The summed E-state index contributed by atoms with van der Waals surface area (Å²) in [5.74, 6) is -0.566. The van der Waals surface area contributed by atoms with Crippen LogP contribution in [0.15, 0.2) is 12.1 Å². The van der Waals surface area contributed by atoms with Gasteiger partial charge in [-0.05, 0) is 12.1 Å². The number of aromatic nitrogens is 1. The van der Waals surface area contributed by atoms with Gasteiger partial charge in [0.05, 0.1) is 5.56 Å². The molecule has 1 heterocycles. The van der Waals surface area contributed by atoms with Crippen LogP contribution in [-0.2, 0) is 4.74 Å². The van der Waals surface area contributed by atoms with Crippen molar-refractivity contribution in [3.05, 3.63) is 34.9 Å². The molecule has 0 fully saturated rings. The highest BCUT2D eigenvalue weighted by molar-refractivity contribution is 6.34. The number of hydrogen-bond acceptors (Lipinski definition) is 3. The zero-order valence-corrected chi connectivity index (χ0v) is 9.89. The highest BCUT2D eigenvalue weighted by Gasteiger charge is 2.25. The Hall–Kier alpha value is -0.930. The minimum atomic E-state index is -0.806. The first-order valence-electron chi connectivity index (χ1n) is 4.20. The van der Waals surface area contributed by atoms with E-state index in [9.17, 15) is 4.79 Å².